The Bertz CT molecular complexity index is 318. The van der Waals surface area contributed by atoms with Crippen LogP contribution in [0.5, 0.6) is 0 Å². The summed E-state index contributed by atoms with van der Waals surface area (Å²) in [6.07, 6.45) is 1.64. The van der Waals surface area contributed by atoms with Crippen molar-refractivity contribution < 1.29 is 14.3 Å². The van der Waals surface area contributed by atoms with Gasteiger partial charge in [-0.25, -0.2) is 0 Å². The predicted octanol–water partition coefficient (Wildman–Crippen LogP) is 1.17. The third-order valence-corrected chi connectivity index (χ3v) is 3.28. The molecule has 0 aromatic carbocycles. The maximum Gasteiger partial charge on any atom is 0.245 e. The predicted molar refractivity (Wildman–Crippen MR) is 73.7 cm³/mol. The van der Waals surface area contributed by atoms with Gasteiger partial charge in [-0.05, 0) is 25.7 Å². The van der Waals surface area contributed by atoms with Gasteiger partial charge in [0.05, 0.1) is 6.61 Å². The molecule has 1 saturated heterocycles. The fourth-order valence-electron chi connectivity index (χ4n) is 2.23. The van der Waals surface area contributed by atoms with Crippen LogP contribution in [0, 0.1) is 5.92 Å². The molecule has 2 amide bonds. The number of piperazine rings is 1. The fraction of sp³-hybridized carbons (Fsp3) is 0.857. The number of carbonyl (C=O) groups excluding carboxylic acids is 2. The van der Waals surface area contributed by atoms with Crippen LogP contribution in [0.3, 0.4) is 0 Å². The first-order valence-electron chi connectivity index (χ1n) is 7.16. The van der Waals surface area contributed by atoms with Gasteiger partial charge in [-0.15, -0.1) is 0 Å². The van der Waals surface area contributed by atoms with E-state index in [0.717, 1.165) is 6.42 Å². The highest BCUT2D eigenvalue weighted by Crippen LogP contribution is 2.15. The Kier molecular flexibility index (Phi) is 6.28. The Morgan fingerprint density at radius 1 is 1.32 bits per heavy atom. The van der Waals surface area contributed by atoms with Crippen molar-refractivity contribution in [3.63, 3.8) is 0 Å². The molecule has 1 rings (SSSR count). The maximum absolute atomic E-state index is 12.3. The van der Waals surface area contributed by atoms with Gasteiger partial charge in [0, 0.05) is 13.2 Å². The summed E-state index contributed by atoms with van der Waals surface area (Å²) < 4.78 is 5.41. The van der Waals surface area contributed by atoms with Crippen molar-refractivity contribution in [2.75, 3.05) is 19.8 Å². The van der Waals surface area contributed by atoms with Gasteiger partial charge in [0.1, 0.15) is 12.1 Å². The third-order valence-electron chi connectivity index (χ3n) is 3.28. The highest BCUT2D eigenvalue weighted by atomic mass is 16.5. The molecule has 0 aromatic rings. The van der Waals surface area contributed by atoms with Crippen molar-refractivity contribution in [3.05, 3.63) is 0 Å². The van der Waals surface area contributed by atoms with Gasteiger partial charge in [0.15, 0.2) is 0 Å². The number of nitrogens with one attached hydrogen (secondary N) is 1. The lowest BCUT2D eigenvalue weighted by Crippen LogP contribution is -2.63. The van der Waals surface area contributed by atoms with E-state index in [9.17, 15) is 9.59 Å². The first-order valence-corrected chi connectivity index (χ1v) is 7.16. The van der Waals surface area contributed by atoms with E-state index in [1.165, 1.54) is 0 Å². The second-order valence-corrected chi connectivity index (χ2v) is 5.51. The summed E-state index contributed by atoms with van der Waals surface area (Å²) in [7, 11) is 0. The van der Waals surface area contributed by atoms with Crippen molar-refractivity contribution in [1.29, 1.82) is 0 Å². The van der Waals surface area contributed by atoms with E-state index in [-0.39, 0.29) is 17.9 Å². The molecule has 1 aliphatic rings. The van der Waals surface area contributed by atoms with Gasteiger partial charge in [-0.3, -0.25) is 9.59 Å². The van der Waals surface area contributed by atoms with Gasteiger partial charge in [-0.2, -0.15) is 0 Å². The smallest absolute Gasteiger partial charge is 0.245 e. The third kappa shape index (κ3) is 4.49. The van der Waals surface area contributed by atoms with E-state index in [1.54, 1.807) is 11.8 Å². The Morgan fingerprint density at radius 3 is 2.58 bits per heavy atom. The summed E-state index contributed by atoms with van der Waals surface area (Å²) in [6, 6.07) is -0.781. The normalized spacial score (nSPS) is 23.9. The highest BCUT2D eigenvalue weighted by Gasteiger charge is 2.37. The summed E-state index contributed by atoms with van der Waals surface area (Å²) in [4.78, 5) is 25.9. The van der Waals surface area contributed by atoms with Crippen LogP contribution in [0.4, 0.5) is 0 Å². The van der Waals surface area contributed by atoms with Crippen LogP contribution in [0.1, 0.15) is 40.5 Å². The topological polar surface area (TPSA) is 58.6 Å². The van der Waals surface area contributed by atoms with Crippen LogP contribution in [0.25, 0.3) is 0 Å². The molecule has 0 saturated carbocycles. The molecule has 1 aliphatic heterocycles. The van der Waals surface area contributed by atoms with Crippen molar-refractivity contribution in [2.45, 2.75) is 52.6 Å². The molecule has 0 aromatic heterocycles. The van der Waals surface area contributed by atoms with E-state index in [4.69, 9.17) is 4.74 Å². The second-order valence-electron chi connectivity index (χ2n) is 5.51. The summed E-state index contributed by atoms with van der Waals surface area (Å²) >= 11 is 0. The van der Waals surface area contributed by atoms with E-state index in [0.29, 0.717) is 32.1 Å². The molecule has 5 nitrogen and oxygen atoms in total. The van der Waals surface area contributed by atoms with Gasteiger partial charge in [-0.1, -0.05) is 20.8 Å². The molecule has 0 radical (unpaired) electrons. The minimum absolute atomic E-state index is 0.0147. The number of hydrogen-bond donors (Lipinski definition) is 1. The molecule has 1 heterocycles. The zero-order valence-corrected chi connectivity index (χ0v) is 12.4. The molecule has 0 spiro atoms. The van der Waals surface area contributed by atoms with Crippen molar-refractivity contribution in [2.24, 2.45) is 5.92 Å². The number of ether oxygens (including phenoxy) is 1. The number of amides is 2. The van der Waals surface area contributed by atoms with Crippen LogP contribution in [-0.4, -0.2) is 48.6 Å². The quantitative estimate of drug-likeness (QED) is 0.707. The number of nitrogens with zero attached hydrogens (tertiary/aromatic N) is 1. The summed E-state index contributed by atoms with van der Waals surface area (Å²) in [5.41, 5.74) is 0. The molecule has 1 N–H and O–H groups in total. The van der Waals surface area contributed by atoms with E-state index >= 15 is 0 Å². The molecular weight excluding hydrogens is 244 g/mol. The molecule has 0 bridgehead atoms. The number of hydrogen-bond acceptors (Lipinski definition) is 3. The van der Waals surface area contributed by atoms with Crippen LogP contribution >= 0.6 is 0 Å². The molecule has 2 unspecified atom stereocenters. The summed E-state index contributed by atoms with van der Waals surface area (Å²) in [5.74, 6) is 0.322. The van der Waals surface area contributed by atoms with Crippen LogP contribution in [-0.2, 0) is 14.3 Å². The Hall–Kier alpha value is -1.10. The zero-order valence-electron chi connectivity index (χ0n) is 12.4. The van der Waals surface area contributed by atoms with E-state index in [1.807, 2.05) is 20.8 Å². The van der Waals surface area contributed by atoms with Crippen molar-refractivity contribution in [3.8, 4) is 0 Å². The number of carbonyl (C=O) groups is 2. The minimum Gasteiger partial charge on any atom is -0.380 e. The van der Waals surface area contributed by atoms with Gasteiger partial charge < -0.3 is 15.0 Å². The number of rotatable bonds is 7. The van der Waals surface area contributed by atoms with Crippen molar-refractivity contribution in [1.82, 2.24) is 10.2 Å². The van der Waals surface area contributed by atoms with Crippen LogP contribution in [0.2, 0.25) is 0 Å². The van der Waals surface area contributed by atoms with Gasteiger partial charge in [0.2, 0.25) is 11.8 Å². The molecule has 2 atom stereocenters. The summed E-state index contributed by atoms with van der Waals surface area (Å²) in [6.45, 7) is 9.57. The molecular formula is C14H26N2O3. The molecule has 1 fully saturated rings. The molecule has 5 heteroatoms. The lowest BCUT2D eigenvalue weighted by Gasteiger charge is -2.37. The maximum atomic E-state index is 12.3. The first-order chi connectivity index (χ1) is 8.97. The van der Waals surface area contributed by atoms with Gasteiger partial charge in [0.25, 0.3) is 0 Å². The molecule has 110 valence electrons. The van der Waals surface area contributed by atoms with E-state index < -0.39 is 6.04 Å². The SMILES string of the molecule is CCCOCCN1C(=O)C(CC(C)C)NC(=O)C1C. The fourth-order valence-corrected chi connectivity index (χ4v) is 2.23. The summed E-state index contributed by atoms with van der Waals surface area (Å²) in [5, 5.41) is 2.81. The average Bonchev–Trinajstić information content (AvgIpc) is 2.34. The average molecular weight is 270 g/mol. The van der Waals surface area contributed by atoms with Crippen molar-refractivity contribution >= 4 is 11.8 Å². The lowest BCUT2D eigenvalue weighted by molar-refractivity contribution is -0.149. The highest BCUT2D eigenvalue weighted by molar-refractivity contribution is 5.96. The monoisotopic (exact) mass is 270 g/mol. The van der Waals surface area contributed by atoms with Gasteiger partial charge >= 0.3 is 0 Å². The molecule has 19 heavy (non-hydrogen) atoms. The standard InChI is InChI=1S/C14H26N2O3/c1-5-7-19-8-6-16-11(4)13(17)15-12(14(16)18)9-10(2)3/h10-12H,5-9H2,1-4H3,(H,15,17). The Labute approximate surface area is 115 Å². The van der Waals surface area contributed by atoms with E-state index in [2.05, 4.69) is 5.32 Å². The minimum atomic E-state index is -0.402. The zero-order chi connectivity index (χ0) is 14.4. The Balaban J connectivity index is 2.59. The largest absolute Gasteiger partial charge is 0.380 e. The van der Waals surface area contributed by atoms with Crippen LogP contribution in [0.15, 0.2) is 0 Å². The van der Waals surface area contributed by atoms with Crippen LogP contribution < -0.4 is 5.32 Å². The second kappa shape index (κ2) is 7.48. The lowest BCUT2D eigenvalue weighted by atomic mass is 9.99. The molecule has 0 aliphatic carbocycles. The Morgan fingerprint density at radius 2 is 2.00 bits per heavy atom. The first kappa shape index (κ1) is 16.0.